The molecule has 0 amide bonds. The number of aromatic nitrogens is 3. The number of nitrogens with zero attached hydrogens (tertiary/aromatic N) is 2. The van der Waals surface area contributed by atoms with Crippen LogP contribution < -0.4 is 5.32 Å². The zero-order valence-electron chi connectivity index (χ0n) is 19.5. The number of benzene rings is 2. The van der Waals surface area contributed by atoms with Gasteiger partial charge in [0.1, 0.15) is 5.65 Å². The monoisotopic (exact) mass is 482 g/mol. The lowest BCUT2D eigenvalue weighted by molar-refractivity contribution is 0.432. The molecule has 0 radical (unpaired) electrons. The van der Waals surface area contributed by atoms with Crippen molar-refractivity contribution in [1.82, 2.24) is 20.4 Å². The molecule has 0 fully saturated rings. The number of rotatable bonds is 6. The molecule has 1 atom stereocenters. The summed E-state index contributed by atoms with van der Waals surface area (Å²) in [7, 11) is 0. The summed E-state index contributed by atoms with van der Waals surface area (Å²) in [4.78, 5) is 7.76. The summed E-state index contributed by atoms with van der Waals surface area (Å²) in [6, 6.07) is 17.0. The minimum absolute atomic E-state index is 0.105. The van der Waals surface area contributed by atoms with Crippen LogP contribution >= 0.6 is 0 Å². The highest BCUT2D eigenvalue weighted by molar-refractivity contribution is 5.97. The van der Waals surface area contributed by atoms with Gasteiger partial charge in [-0.1, -0.05) is 53.7 Å². The molecule has 1 unspecified atom stereocenters. The predicted octanol–water partition coefficient (Wildman–Crippen LogP) is 6.89. The molecule has 180 valence electrons. The number of hydrogen-bond donors (Lipinski definition) is 2. The molecule has 0 spiro atoms. The third-order valence-corrected chi connectivity index (χ3v) is 6.81. The summed E-state index contributed by atoms with van der Waals surface area (Å²) < 4.78 is 33.9. The molecular weight excluding hydrogens is 458 g/mol. The Hall–Kier alpha value is -4.10. The Balaban J connectivity index is 1.26. The van der Waals surface area contributed by atoms with Crippen molar-refractivity contribution in [1.29, 1.82) is 0 Å². The van der Waals surface area contributed by atoms with E-state index < -0.39 is 11.6 Å². The van der Waals surface area contributed by atoms with Gasteiger partial charge in [0.2, 0.25) is 0 Å². The Bertz CT molecular complexity index is 1550. The van der Waals surface area contributed by atoms with Gasteiger partial charge < -0.3 is 14.8 Å². The standard InChI is InChI=1S/C29H24F2N4O/c30-26-8-4-7-22(27(26)31)25-17-35-36-28(25)24-16-34-29-23(24)13-20(15-33-29)19-9-11-21(12-10-19)32-14-18-5-2-1-3-6-18/h1-9,13,15-17,21,32H,10-12,14H2,(H,33,34). The summed E-state index contributed by atoms with van der Waals surface area (Å²) in [5.74, 6) is -1.47. The van der Waals surface area contributed by atoms with E-state index in [0.717, 1.165) is 42.8 Å². The zero-order chi connectivity index (χ0) is 24.5. The van der Waals surface area contributed by atoms with Crippen molar-refractivity contribution in [3.05, 3.63) is 102 Å². The zero-order valence-corrected chi connectivity index (χ0v) is 19.5. The quantitative estimate of drug-likeness (QED) is 0.277. The fraction of sp³-hybridized carbons (Fsp3) is 0.172. The molecule has 1 aliphatic rings. The van der Waals surface area contributed by atoms with E-state index in [1.165, 1.54) is 29.5 Å². The minimum Gasteiger partial charge on any atom is -0.356 e. The number of hydrogen-bond acceptors (Lipinski definition) is 4. The van der Waals surface area contributed by atoms with Crippen LogP contribution in [0.25, 0.3) is 39.1 Å². The first-order valence-corrected chi connectivity index (χ1v) is 12.0. The van der Waals surface area contributed by atoms with Crippen molar-refractivity contribution in [3.8, 4) is 22.5 Å². The van der Waals surface area contributed by atoms with E-state index in [4.69, 9.17) is 4.52 Å². The van der Waals surface area contributed by atoms with Crippen LogP contribution in [0.2, 0.25) is 0 Å². The van der Waals surface area contributed by atoms with E-state index in [9.17, 15) is 8.78 Å². The van der Waals surface area contributed by atoms with Crippen LogP contribution in [-0.4, -0.2) is 21.2 Å². The molecule has 5 nitrogen and oxygen atoms in total. The third-order valence-electron chi connectivity index (χ3n) is 6.81. The van der Waals surface area contributed by atoms with Gasteiger partial charge in [0.15, 0.2) is 17.4 Å². The van der Waals surface area contributed by atoms with Crippen molar-refractivity contribution in [2.24, 2.45) is 0 Å². The molecule has 6 rings (SSSR count). The summed E-state index contributed by atoms with van der Waals surface area (Å²) >= 11 is 0. The van der Waals surface area contributed by atoms with Crippen molar-refractivity contribution in [2.45, 2.75) is 31.8 Å². The van der Waals surface area contributed by atoms with Gasteiger partial charge >= 0.3 is 0 Å². The third kappa shape index (κ3) is 4.22. The van der Waals surface area contributed by atoms with Gasteiger partial charge in [-0.2, -0.15) is 0 Å². The van der Waals surface area contributed by atoms with Crippen LogP contribution in [0.4, 0.5) is 8.78 Å². The summed E-state index contributed by atoms with van der Waals surface area (Å²) in [6.07, 6.45) is 10.3. The summed E-state index contributed by atoms with van der Waals surface area (Å²) in [5.41, 5.74) is 5.47. The second-order valence-electron chi connectivity index (χ2n) is 9.06. The Morgan fingerprint density at radius 3 is 2.72 bits per heavy atom. The highest BCUT2D eigenvalue weighted by Gasteiger charge is 2.22. The molecule has 3 aromatic heterocycles. The number of H-pyrrole nitrogens is 1. The topological polar surface area (TPSA) is 66.7 Å². The fourth-order valence-corrected chi connectivity index (χ4v) is 4.84. The Labute approximate surface area is 206 Å². The number of allylic oxidation sites excluding steroid dienone is 1. The van der Waals surface area contributed by atoms with E-state index in [2.05, 4.69) is 56.8 Å². The molecule has 7 heteroatoms. The van der Waals surface area contributed by atoms with Crippen LogP contribution in [0.15, 0.2) is 83.8 Å². The summed E-state index contributed by atoms with van der Waals surface area (Å²) in [6.45, 7) is 0.861. The molecule has 0 saturated heterocycles. The second kappa shape index (κ2) is 9.51. The number of aromatic amines is 1. The number of pyridine rings is 1. The normalized spacial score (nSPS) is 15.8. The van der Waals surface area contributed by atoms with Crippen molar-refractivity contribution < 1.29 is 13.3 Å². The lowest BCUT2D eigenvalue weighted by Crippen LogP contribution is -2.29. The van der Waals surface area contributed by atoms with Gasteiger partial charge in [-0.3, -0.25) is 0 Å². The number of nitrogens with one attached hydrogen (secondary N) is 2. The average Bonchev–Trinajstić information content (AvgIpc) is 3.56. The molecule has 36 heavy (non-hydrogen) atoms. The number of fused-ring (bicyclic) bond motifs is 1. The smallest absolute Gasteiger partial charge is 0.176 e. The maximum Gasteiger partial charge on any atom is 0.176 e. The van der Waals surface area contributed by atoms with E-state index in [1.807, 2.05) is 12.3 Å². The molecule has 0 saturated carbocycles. The lowest BCUT2D eigenvalue weighted by atomic mass is 9.90. The first-order valence-electron chi connectivity index (χ1n) is 12.0. The Kier molecular flexibility index (Phi) is 5.91. The van der Waals surface area contributed by atoms with Crippen LogP contribution in [-0.2, 0) is 6.54 Å². The van der Waals surface area contributed by atoms with Gasteiger partial charge in [-0.05, 0) is 48.1 Å². The van der Waals surface area contributed by atoms with Gasteiger partial charge in [0.25, 0.3) is 0 Å². The van der Waals surface area contributed by atoms with Crippen LogP contribution in [0, 0.1) is 11.6 Å². The first-order chi connectivity index (χ1) is 17.7. The maximum atomic E-state index is 14.5. The van der Waals surface area contributed by atoms with Crippen molar-refractivity contribution in [2.75, 3.05) is 0 Å². The molecular formula is C29H24F2N4O. The van der Waals surface area contributed by atoms with Crippen molar-refractivity contribution in [3.63, 3.8) is 0 Å². The minimum atomic E-state index is -0.927. The Morgan fingerprint density at radius 2 is 1.89 bits per heavy atom. The molecule has 2 aromatic carbocycles. The first kappa shape index (κ1) is 22.4. The molecule has 0 bridgehead atoms. The largest absolute Gasteiger partial charge is 0.356 e. The highest BCUT2D eigenvalue weighted by atomic mass is 19.2. The predicted molar refractivity (Wildman–Crippen MR) is 136 cm³/mol. The summed E-state index contributed by atoms with van der Waals surface area (Å²) in [5, 5.41) is 8.37. The number of halogens is 2. The van der Waals surface area contributed by atoms with Crippen molar-refractivity contribution >= 4 is 16.6 Å². The van der Waals surface area contributed by atoms with Gasteiger partial charge in [-0.15, -0.1) is 0 Å². The van der Waals surface area contributed by atoms with E-state index in [0.29, 0.717) is 28.6 Å². The van der Waals surface area contributed by atoms with E-state index in [-0.39, 0.29) is 5.56 Å². The SMILES string of the molecule is Fc1cccc(-c2cnoc2-c2c[nH]c3ncc(C4=CCC(NCc5ccccc5)CC4)cc23)c1F. The van der Waals surface area contributed by atoms with Crippen LogP contribution in [0.1, 0.15) is 30.4 Å². The maximum absolute atomic E-state index is 14.5. The Morgan fingerprint density at radius 1 is 1.00 bits per heavy atom. The molecule has 0 aliphatic heterocycles. The average molecular weight is 483 g/mol. The fourth-order valence-electron chi connectivity index (χ4n) is 4.84. The second-order valence-corrected chi connectivity index (χ2v) is 9.06. The molecule has 3 heterocycles. The van der Waals surface area contributed by atoms with Gasteiger partial charge in [-0.25, -0.2) is 13.8 Å². The molecule has 1 aliphatic carbocycles. The van der Waals surface area contributed by atoms with Gasteiger partial charge in [0, 0.05) is 41.5 Å². The lowest BCUT2D eigenvalue weighted by Gasteiger charge is -2.23. The molecule has 2 N–H and O–H groups in total. The van der Waals surface area contributed by atoms with Gasteiger partial charge in [0.05, 0.1) is 11.8 Å². The van der Waals surface area contributed by atoms with E-state index in [1.54, 1.807) is 6.20 Å². The van der Waals surface area contributed by atoms with Crippen LogP contribution in [0.3, 0.4) is 0 Å². The molecule has 5 aromatic rings. The van der Waals surface area contributed by atoms with Crippen LogP contribution in [0.5, 0.6) is 0 Å². The van der Waals surface area contributed by atoms with E-state index >= 15 is 0 Å². The highest BCUT2D eigenvalue weighted by Crippen LogP contribution is 2.38.